The zero-order chi connectivity index (χ0) is 29.9. The fraction of sp³-hybridized carbons (Fsp3) is 0.296. The summed E-state index contributed by atoms with van der Waals surface area (Å²) < 4.78 is 26.9. The molecule has 1 heterocycles. The standard InChI is InChI=1S/C27H29BrN4O8S/c1-5-38-26(35)24-15(2)30-27(41)31-25(24)17-8-6-7-9-19(17)39-13-22(33)32-29-12-16-10-20(36-3)21(11-18(16)28)40-14-23(34)37-4/h6-12,25H,5,13-14H2,1-4H3,(H,32,33)(H2,30,31,41)/t25-/m0/s1. The highest BCUT2D eigenvalue weighted by molar-refractivity contribution is 9.10. The number of para-hydroxylation sites is 1. The number of rotatable bonds is 12. The summed E-state index contributed by atoms with van der Waals surface area (Å²) in [6, 6.07) is 9.57. The minimum absolute atomic E-state index is 0.211. The Hall–Kier alpha value is -4.17. The average molecular weight is 650 g/mol. The second kappa shape index (κ2) is 15.0. The van der Waals surface area contributed by atoms with E-state index in [1.807, 2.05) is 0 Å². The molecule has 1 atom stereocenters. The van der Waals surface area contributed by atoms with Crippen molar-refractivity contribution in [2.75, 3.05) is 34.0 Å². The highest BCUT2D eigenvalue weighted by Crippen LogP contribution is 2.34. The lowest BCUT2D eigenvalue weighted by Crippen LogP contribution is -2.45. The molecule has 12 nitrogen and oxygen atoms in total. The van der Waals surface area contributed by atoms with Crippen molar-refractivity contribution in [3.8, 4) is 17.2 Å². The van der Waals surface area contributed by atoms with Gasteiger partial charge in [-0.15, -0.1) is 0 Å². The number of nitrogens with one attached hydrogen (secondary N) is 3. The van der Waals surface area contributed by atoms with E-state index >= 15 is 0 Å². The minimum Gasteiger partial charge on any atom is -0.493 e. The summed E-state index contributed by atoms with van der Waals surface area (Å²) in [6.07, 6.45) is 1.40. The SMILES string of the molecule is CCOC(=O)C1=C(C)NC(=S)N[C@H]1c1ccccc1OCC(=O)NN=Cc1cc(OC)c(OCC(=O)OC)cc1Br. The van der Waals surface area contributed by atoms with Crippen LogP contribution in [-0.4, -0.2) is 63.2 Å². The van der Waals surface area contributed by atoms with Crippen LogP contribution in [-0.2, 0) is 23.9 Å². The Morgan fingerprint density at radius 3 is 2.54 bits per heavy atom. The Kier molecular flexibility index (Phi) is 11.5. The van der Waals surface area contributed by atoms with Crippen molar-refractivity contribution in [3.63, 3.8) is 0 Å². The van der Waals surface area contributed by atoms with Crippen LogP contribution < -0.4 is 30.3 Å². The molecule has 218 valence electrons. The van der Waals surface area contributed by atoms with Crippen molar-refractivity contribution in [1.29, 1.82) is 0 Å². The summed E-state index contributed by atoms with van der Waals surface area (Å²) in [6.45, 7) is 3.03. The number of halogens is 1. The zero-order valence-electron chi connectivity index (χ0n) is 22.7. The van der Waals surface area contributed by atoms with Crippen LogP contribution in [0, 0.1) is 0 Å². The number of hydrogen-bond donors (Lipinski definition) is 3. The zero-order valence-corrected chi connectivity index (χ0v) is 25.1. The van der Waals surface area contributed by atoms with E-state index in [0.29, 0.717) is 49.2 Å². The van der Waals surface area contributed by atoms with Gasteiger partial charge in [0.25, 0.3) is 5.91 Å². The number of allylic oxidation sites excluding steroid dienone is 1. The average Bonchev–Trinajstić information content (AvgIpc) is 2.95. The van der Waals surface area contributed by atoms with Crippen LogP contribution in [0.1, 0.15) is 31.0 Å². The van der Waals surface area contributed by atoms with Gasteiger partial charge in [-0.25, -0.2) is 15.0 Å². The molecule has 0 bridgehead atoms. The maximum Gasteiger partial charge on any atom is 0.343 e. The molecular weight excluding hydrogens is 620 g/mol. The number of hydrogen-bond acceptors (Lipinski definition) is 10. The summed E-state index contributed by atoms with van der Waals surface area (Å²) in [5, 5.41) is 10.3. The molecule has 1 aliphatic heterocycles. The molecule has 41 heavy (non-hydrogen) atoms. The van der Waals surface area contributed by atoms with Crippen LogP contribution in [0.25, 0.3) is 0 Å². The molecule has 0 saturated heterocycles. The topological polar surface area (TPSA) is 146 Å². The van der Waals surface area contributed by atoms with Gasteiger partial charge < -0.3 is 34.3 Å². The van der Waals surface area contributed by atoms with Gasteiger partial charge >= 0.3 is 11.9 Å². The lowest BCUT2D eigenvalue weighted by molar-refractivity contribution is -0.143. The highest BCUT2D eigenvalue weighted by atomic mass is 79.9. The van der Waals surface area contributed by atoms with Gasteiger partial charge in [0.1, 0.15) is 5.75 Å². The van der Waals surface area contributed by atoms with Gasteiger partial charge in [-0.05, 0) is 60.2 Å². The Balaban J connectivity index is 1.68. The van der Waals surface area contributed by atoms with E-state index in [1.165, 1.54) is 20.4 Å². The summed E-state index contributed by atoms with van der Waals surface area (Å²) in [7, 11) is 2.71. The van der Waals surface area contributed by atoms with Gasteiger partial charge in [0, 0.05) is 21.3 Å². The Morgan fingerprint density at radius 1 is 1.10 bits per heavy atom. The third-order valence-electron chi connectivity index (χ3n) is 5.60. The number of ether oxygens (including phenoxy) is 5. The lowest BCUT2D eigenvalue weighted by Gasteiger charge is -2.30. The molecular formula is C27H29BrN4O8S. The number of hydrazone groups is 1. The number of nitrogens with zero attached hydrogens (tertiary/aromatic N) is 1. The number of benzene rings is 2. The summed E-state index contributed by atoms with van der Waals surface area (Å²) in [4.78, 5) is 36.6. The van der Waals surface area contributed by atoms with Crippen molar-refractivity contribution < 1.29 is 38.1 Å². The molecule has 2 aromatic rings. The van der Waals surface area contributed by atoms with Crippen molar-refractivity contribution in [3.05, 3.63) is 63.3 Å². The maximum atomic E-state index is 12.7. The molecule has 0 radical (unpaired) electrons. The second-order valence-corrected chi connectivity index (χ2v) is 9.56. The number of methoxy groups -OCH3 is 2. The lowest BCUT2D eigenvalue weighted by atomic mass is 9.95. The third kappa shape index (κ3) is 8.41. The third-order valence-corrected chi connectivity index (χ3v) is 6.51. The van der Waals surface area contributed by atoms with Crippen LogP contribution in [0.2, 0.25) is 0 Å². The maximum absolute atomic E-state index is 12.7. The Morgan fingerprint density at radius 2 is 1.83 bits per heavy atom. The molecule has 3 N–H and O–H groups in total. The fourth-order valence-electron chi connectivity index (χ4n) is 3.72. The molecule has 14 heteroatoms. The van der Waals surface area contributed by atoms with Crippen molar-refractivity contribution in [1.82, 2.24) is 16.1 Å². The minimum atomic E-state index is -0.646. The van der Waals surface area contributed by atoms with Crippen LogP contribution >= 0.6 is 28.1 Å². The van der Waals surface area contributed by atoms with E-state index in [0.717, 1.165) is 0 Å². The van der Waals surface area contributed by atoms with Crippen molar-refractivity contribution >= 4 is 57.3 Å². The number of carbonyl (C=O) groups is 3. The first-order valence-corrected chi connectivity index (χ1v) is 13.4. The van der Waals surface area contributed by atoms with E-state index in [-0.39, 0.29) is 19.8 Å². The predicted molar refractivity (Wildman–Crippen MR) is 157 cm³/mol. The molecule has 0 saturated carbocycles. The van der Waals surface area contributed by atoms with Gasteiger partial charge in [-0.2, -0.15) is 5.10 Å². The van der Waals surface area contributed by atoms with Crippen LogP contribution in [0.5, 0.6) is 17.2 Å². The number of thiocarbonyl (C=S) groups is 1. The number of amides is 1. The van der Waals surface area contributed by atoms with E-state index < -0.39 is 23.9 Å². The smallest absolute Gasteiger partial charge is 0.343 e. The predicted octanol–water partition coefficient (Wildman–Crippen LogP) is 2.89. The van der Waals surface area contributed by atoms with E-state index in [9.17, 15) is 14.4 Å². The number of carbonyl (C=O) groups excluding carboxylic acids is 3. The van der Waals surface area contributed by atoms with Crippen molar-refractivity contribution in [2.45, 2.75) is 19.9 Å². The highest BCUT2D eigenvalue weighted by Gasteiger charge is 2.32. The van der Waals surface area contributed by atoms with Gasteiger partial charge in [0.2, 0.25) is 0 Å². The molecule has 0 aromatic heterocycles. The number of esters is 2. The first-order chi connectivity index (χ1) is 19.7. The first-order valence-electron chi connectivity index (χ1n) is 12.2. The first kappa shape index (κ1) is 31.4. The molecule has 2 aromatic carbocycles. The van der Waals surface area contributed by atoms with Gasteiger partial charge in [0.05, 0.1) is 38.7 Å². The summed E-state index contributed by atoms with van der Waals surface area (Å²) in [5.74, 6) is -0.518. The molecule has 1 amide bonds. The largest absolute Gasteiger partial charge is 0.493 e. The van der Waals surface area contributed by atoms with E-state index in [2.05, 4.69) is 41.8 Å². The quantitative estimate of drug-likeness (QED) is 0.135. The van der Waals surface area contributed by atoms with Gasteiger partial charge in [-0.1, -0.05) is 18.2 Å². The molecule has 0 aliphatic carbocycles. The normalized spacial score (nSPS) is 14.6. The molecule has 0 fully saturated rings. The summed E-state index contributed by atoms with van der Waals surface area (Å²) >= 11 is 8.70. The Bertz CT molecular complexity index is 1380. The van der Waals surface area contributed by atoms with Crippen LogP contribution in [0.15, 0.2) is 57.2 Å². The van der Waals surface area contributed by atoms with Crippen LogP contribution in [0.4, 0.5) is 0 Å². The molecule has 3 rings (SSSR count). The van der Waals surface area contributed by atoms with E-state index in [1.54, 1.807) is 50.2 Å². The van der Waals surface area contributed by atoms with Crippen molar-refractivity contribution in [2.24, 2.45) is 5.10 Å². The van der Waals surface area contributed by atoms with Gasteiger partial charge in [-0.3, -0.25) is 4.79 Å². The Labute approximate surface area is 250 Å². The van der Waals surface area contributed by atoms with Gasteiger partial charge in [0.15, 0.2) is 29.8 Å². The molecule has 0 spiro atoms. The summed E-state index contributed by atoms with van der Waals surface area (Å²) in [5.41, 5.74) is 4.49. The van der Waals surface area contributed by atoms with E-state index in [4.69, 9.17) is 31.2 Å². The monoisotopic (exact) mass is 648 g/mol. The van der Waals surface area contributed by atoms with Crippen LogP contribution in [0.3, 0.4) is 0 Å². The molecule has 0 unspecified atom stereocenters. The molecule has 1 aliphatic rings. The second-order valence-electron chi connectivity index (χ2n) is 8.30. The fourth-order valence-corrected chi connectivity index (χ4v) is 4.42.